The zero-order chi connectivity index (χ0) is 16.1. The molecule has 2 N–H and O–H groups in total. The molecule has 0 radical (unpaired) electrons. The zero-order valence-electron chi connectivity index (χ0n) is 13.7. The summed E-state index contributed by atoms with van der Waals surface area (Å²) in [6.45, 7) is 3.63. The number of aromatic nitrogens is 2. The molecule has 0 aliphatic carbocycles. The summed E-state index contributed by atoms with van der Waals surface area (Å²) in [5.74, 6) is 1.83. The Labute approximate surface area is 137 Å². The summed E-state index contributed by atoms with van der Waals surface area (Å²) in [5, 5.41) is 12.1. The van der Waals surface area contributed by atoms with E-state index in [9.17, 15) is 0 Å². The average molecular weight is 322 g/mol. The average Bonchev–Trinajstić information content (AvgIpc) is 3.14. The second-order valence-electron chi connectivity index (χ2n) is 6.14. The van der Waals surface area contributed by atoms with Crippen LogP contribution in [-0.2, 0) is 9.47 Å². The van der Waals surface area contributed by atoms with Crippen molar-refractivity contribution in [2.45, 2.75) is 31.2 Å². The molecule has 3 heterocycles. The van der Waals surface area contributed by atoms with E-state index in [1.54, 1.807) is 0 Å². The second-order valence-corrected chi connectivity index (χ2v) is 6.14. The van der Waals surface area contributed by atoms with Crippen LogP contribution >= 0.6 is 0 Å². The number of nitrogens with one attached hydrogen (secondary N) is 1. The molecule has 0 spiro atoms. The molecule has 3 rings (SSSR count). The van der Waals surface area contributed by atoms with Gasteiger partial charge >= 0.3 is 0 Å². The van der Waals surface area contributed by atoms with Crippen LogP contribution in [0.1, 0.15) is 30.9 Å². The Balaban J connectivity index is 1.82. The lowest BCUT2D eigenvalue weighted by Gasteiger charge is -2.32. The molecule has 7 heteroatoms. The van der Waals surface area contributed by atoms with Crippen LogP contribution in [0.4, 0.5) is 11.8 Å². The Hall–Kier alpha value is -1.44. The molecule has 2 fully saturated rings. The molecule has 2 aliphatic rings. The summed E-state index contributed by atoms with van der Waals surface area (Å²) in [5.41, 5.74) is 1.02. The highest BCUT2D eigenvalue weighted by Crippen LogP contribution is 2.28. The van der Waals surface area contributed by atoms with Crippen molar-refractivity contribution in [2.75, 3.05) is 56.8 Å². The maximum Gasteiger partial charge on any atom is 0.224 e. The minimum Gasteiger partial charge on any atom is -0.395 e. The Morgan fingerprint density at radius 1 is 1.22 bits per heavy atom. The van der Waals surface area contributed by atoms with E-state index < -0.39 is 0 Å². The molecule has 0 amide bonds. The molecule has 7 nitrogen and oxygen atoms in total. The molecule has 0 bridgehead atoms. The van der Waals surface area contributed by atoms with Crippen molar-refractivity contribution >= 4 is 11.8 Å². The first-order valence-corrected chi connectivity index (χ1v) is 8.40. The number of anilines is 2. The number of hydrogen-bond acceptors (Lipinski definition) is 7. The molecule has 1 aromatic rings. The normalized spacial score (nSPS) is 22.3. The molecule has 0 aromatic carbocycles. The van der Waals surface area contributed by atoms with Crippen LogP contribution in [0.15, 0.2) is 6.07 Å². The minimum atomic E-state index is 0.0608. The predicted octanol–water partition coefficient (Wildman–Crippen LogP) is 1.000. The van der Waals surface area contributed by atoms with Gasteiger partial charge in [0.1, 0.15) is 5.82 Å². The van der Waals surface area contributed by atoms with E-state index in [-0.39, 0.29) is 6.61 Å². The molecule has 1 unspecified atom stereocenters. The number of aliphatic hydroxyl groups is 1. The molecular formula is C16H26N4O3. The van der Waals surface area contributed by atoms with E-state index >= 15 is 0 Å². The highest BCUT2D eigenvalue weighted by molar-refractivity contribution is 5.46. The lowest BCUT2D eigenvalue weighted by atomic mass is 10.0. The van der Waals surface area contributed by atoms with Crippen LogP contribution in [0.3, 0.4) is 0 Å². The van der Waals surface area contributed by atoms with Crippen LogP contribution in [0.2, 0.25) is 0 Å². The number of rotatable bonds is 6. The van der Waals surface area contributed by atoms with Crippen LogP contribution in [0.25, 0.3) is 0 Å². The van der Waals surface area contributed by atoms with Crippen molar-refractivity contribution in [3.63, 3.8) is 0 Å². The number of aliphatic hydroxyl groups excluding tert-OH is 1. The predicted molar refractivity (Wildman–Crippen MR) is 88.0 cm³/mol. The summed E-state index contributed by atoms with van der Waals surface area (Å²) < 4.78 is 10.9. The third kappa shape index (κ3) is 4.10. The van der Waals surface area contributed by atoms with Crippen molar-refractivity contribution in [1.29, 1.82) is 0 Å². The summed E-state index contributed by atoms with van der Waals surface area (Å²) in [6, 6.07) is 2.52. The van der Waals surface area contributed by atoms with Crippen molar-refractivity contribution < 1.29 is 14.6 Å². The highest BCUT2D eigenvalue weighted by atomic mass is 16.5. The van der Waals surface area contributed by atoms with Gasteiger partial charge < -0.3 is 24.8 Å². The number of nitrogens with zero attached hydrogens (tertiary/aromatic N) is 3. The van der Waals surface area contributed by atoms with Gasteiger partial charge in [-0.25, -0.2) is 4.98 Å². The lowest BCUT2D eigenvalue weighted by Crippen LogP contribution is -2.37. The number of hydrogen-bond donors (Lipinski definition) is 2. The SMILES string of the molecule is CN(c1cc(C2CCOC2)nc(NCCO)n1)C1CCOCC1. The van der Waals surface area contributed by atoms with Crippen LogP contribution in [0.5, 0.6) is 0 Å². The van der Waals surface area contributed by atoms with Gasteiger partial charge in [0.05, 0.1) is 18.9 Å². The Morgan fingerprint density at radius 3 is 2.70 bits per heavy atom. The first-order valence-electron chi connectivity index (χ1n) is 8.40. The van der Waals surface area contributed by atoms with E-state index in [1.165, 1.54) is 0 Å². The van der Waals surface area contributed by atoms with Gasteiger partial charge in [-0.2, -0.15) is 4.98 Å². The van der Waals surface area contributed by atoms with Crippen LogP contribution in [0, 0.1) is 0 Å². The van der Waals surface area contributed by atoms with Gasteiger partial charge in [0.25, 0.3) is 0 Å². The first-order chi connectivity index (χ1) is 11.3. The van der Waals surface area contributed by atoms with Gasteiger partial charge in [-0.3, -0.25) is 0 Å². The topological polar surface area (TPSA) is 79.7 Å². The fourth-order valence-corrected chi connectivity index (χ4v) is 3.12. The second kappa shape index (κ2) is 7.90. The Morgan fingerprint density at radius 2 is 2.00 bits per heavy atom. The molecule has 23 heavy (non-hydrogen) atoms. The summed E-state index contributed by atoms with van der Waals surface area (Å²) >= 11 is 0. The van der Waals surface area contributed by atoms with Gasteiger partial charge in [-0.05, 0) is 19.3 Å². The monoisotopic (exact) mass is 322 g/mol. The zero-order valence-corrected chi connectivity index (χ0v) is 13.7. The third-order valence-corrected chi connectivity index (χ3v) is 4.58. The smallest absolute Gasteiger partial charge is 0.224 e. The fourth-order valence-electron chi connectivity index (χ4n) is 3.12. The van der Waals surface area contributed by atoms with Crippen molar-refractivity contribution in [3.05, 3.63) is 11.8 Å². The van der Waals surface area contributed by atoms with E-state index in [1.807, 2.05) is 0 Å². The van der Waals surface area contributed by atoms with Gasteiger partial charge in [0.15, 0.2) is 0 Å². The van der Waals surface area contributed by atoms with Crippen LogP contribution in [-0.4, -0.2) is 67.7 Å². The van der Waals surface area contributed by atoms with E-state index in [0.29, 0.717) is 24.5 Å². The first kappa shape index (κ1) is 16.4. The quantitative estimate of drug-likeness (QED) is 0.809. The Bertz CT molecular complexity index is 502. The van der Waals surface area contributed by atoms with Crippen molar-refractivity contribution in [1.82, 2.24) is 9.97 Å². The van der Waals surface area contributed by atoms with Crippen molar-refractivity contribution in [3.8, 4) is 0 Å². The van der Waals surface area contributed by atoms with Crippen molar-refractivity contribution in [2.24, 2.45) is 0 Å². The maximum atomic E-state index is 9.03. The molecule has 1 atom stereocenters. The number of ether oxygens (including phenoxy) is 2. The molecule has 0 saturated carbocycles. The van der Waals surface area contributed by atoms with Gasteiger partial charge in [0.2, 0.25) is 5.95 Å². The molecule has 128 valence electrons. The molecule has 1 aromatic heterocycles. The van der Waals surface area contributed by atoms with Gasteiger partial charge in [0, 0.05) is 51.4 Å². The summed E-state index contributed by atoms with van der Waals surface area (Å²) in [6.07, 6.45) is 3.03. The third-order valence-electron chi connectivity index (χ3n) is 4.58. The highest BCUT2D eigenvalue weighted by Gasteiger charge is 2.24. The van der Waals surface area contributed by atoms with E-state index in [0.717, 1.165) is 57.2 Å². The standard InChI is InChI=1S/C16H26N4O3/c1-20(13-3-8-22-9-4-13)15-10-14(12-2-7-23-11-12)18-16(19-15)17-5-6-21/h10,12-13,21H,2-9,11H2,1H3,(H,17,18,19). The van der Waals surface area contributed by atoms with Gasteiger partial charge in [-0.15, -0.1) is 0 Å². The maximum absolute atomic E-state index is 9.03. The van der Waals surface area contributed by atoms with E-state index in [2.05, 4.69) is 33.3 Å². The van der Waals surface area contributed by atoms with Crippen LogP contribution < -0.4 is 10.2 Å². The van der Waals surface area contributed by atoms with Gasteiger partial charge in [-0.1, -0.05) is 0 Å². The van der Waals surface area contributed by atoms with E-state index in [4.69, 9.17) is 14.6 Å². The lowest BCUT2D eigenvalue weighted by molar-refractivity contribution is 0.0853. The molecule has 2 aliphatic heterocycles. The molecular weight excluding hydrogens is 296 g/mol. The fraction of sp³-hybridized carbons (Fsp3) is 0.750. The largest absolute Gasteiger partial charge is 0.395 e. The molecule has 2 saturated heterocycles. The summed E-state index contributed by atoms with van der Waals surface area (Å²) in [7, 11) is 2.09. The Kier molecular flexibility index (Phi) is 5.64. The minimum absolute atomic E-state index is 0.0608. The summed E-state index contributed by atoms with van der Waals surface area (Å²) in [4.78, 5) is 11.5.